The Bertz CT molecular complexity index is 906. The number of nitrogens with one attached hydrogen (secondary N) is 3. The summed E-state index contributed by atoms with van der Waals surface area (Å²) in [6.07, 6.45) is 2.72. The van der Waals surface area contributed by atoms with E-state index in [1.807, 2.05) is 32.0 Å². The third-order valence-electron chi connectivity index (χ3n) is 5.94. The van der Waals surface area contributed by atoms with Gasteiger partial charge in [-0.25, -0.2) is 4.79 Å². The Kier molecular flexibility index (Phi) is 6.03. The molecule has 3 N–H and O–H groups in total. The molecule has 2 aliphatic rings. The molecule has 8 nitrogen and oxygen atoms in total. The lowest BCUT2D eigenvalue weighted by Gasteiger charge is -2.42. The van der Waals surface area contributed by atoms with E-state index >= 15 is 0 Å². The van der Waals surface area contributed by atoms with Crippen molar-refractivity contribution in [3.05, 3.63) is 52.4 Å². The van der Waals surface area contributed by atoms with Crippen molar-refractivity contribution in [3.63, 3.8) is 0 Å². The van der Waals surface area contributed by atoms with E-state index in [0.717, 1.165) is 41.0 Å². The minimum atomic E-state index is -0.245. The molecule has 2 aromatic rings. The maximum atomic E-state index is 12.3. The van der Waals surface area contributed by atoms with E-state index in [0.29, 0.717) is 26.0 Å². The number of rotatable bonds is 6. The van der Waals surface area contributed by atoms with Gasteiger partial charge >= 0.3 is 6.03 Å². The Morgan fingerprint density at radius 2 is 2.17 bits per heavy atom. The molecule has 3 atom stereocenters. The van der Waals surface area contributed by atoms with Crippen LogP contribution in [0.4, 0.5) is 4.79 Å². The number of hydrogen-bond donors (Lipinski definition) is 3. The number of carbonyl (C=O) groups is 2. The maximum Gasteiger partial charge on any atom is 0.317 e. The quantitative estimate of drug-likeness (QED) is 0.676. The molecule has 2 saturated heterocycles. The highest BCUT2D eigenvalue weighted by Gasteiger charge is 2.39. The van der Waals surface area contributed by atoms with Crippen molar-refractivity contribution in [1.82, 2.24) is 21.1 Å². The highest BCUT2D eigenvalue weighted by Crippen LogP contribution is 2.34. The number of hydrogen-bond acceptors (Lipinski definition) is 5. The monoisotopic (exact) mass is 412 g/mol. The van der Waals surface area contributed by atoms with Crippen LogP contribution in [0.1, 0.15) is 53.4 Å². The maximum absolute atomic E-state index is 12.3. The highest BCUT2D eigenvalue weighted by molar-refractivity contribution is 5.76. The second kappa shape index (κ2) is 8.87. The summed E-state index contributed by atoms with van der Waals surface area (Å²) < 4.78 is 10.9. The molecule has 0 radical (unpaired) electrons. The third kappa shape index (κ3) is 4.48. The molecule has 0 unspecified atom stereocenters. The van der Waals surface area contributed by atoms with E-state index in [9.17, 15) is 9.59 Å². The predicted octanol–water partition coefficient (Wildman–Crippen LogP) is 2.65. The first kappa shape index (κ1) is 20.4. The van der Waals surface area contributed by atoms with Crippen molar-refractivity contribution >= 4 is 11.9 Å². The average molecular weight is 412 g/mol. The summed E-state index contributed by atoms with van der Waals surface area (Å²) in [6.45, 7) is 4.86. The first-order valence-electron chi connectivity index (χ1n) is 10.5. The van der Waals surface area contributed by atoms with Gasteiger partial charge < -0.3 is 25.2 Å². The van der Waals surface area contributed by atoms with Crippen molar-refractivity contribution in [2.45, 2.75) is 58.3 Å². The van der Waals surface area contributed by atoms with Crippen molar-refractivity contribution in [2.24, 2.45) is 5.92 Å². The summed E-state index contributed by atoms with van der Waals surface area (Å²) in [5, 5.41) is 12.8. The number of nitrogens with zero attached hydrogens (tertiary/aromatic N) is 1. The molecule has 160 valence electrons. The van der Waals surface area contributed by atoms with Crippen molar-refractivity contribution < 1.29 is 18.8 Å². The standard InChI is InChI=1S/C22H28N4O4/c1-13-17(14(2)30-26-13)8-9-19(27)23-12-15-5-3-6-16(11-15)20-18-7-4-10-29-21(18)25-22(28)24-20/h3,5-6,11,18,20-21H,4,7-10,12H2,1-2H3,(H,23,27)(H2,24,25,28)/t18-,20-,21-/m0/s1. The van der Waals surface area contributed by atoms with Crippen molar-refractivity contribution in [2.75, 3.05) is 6.61 Å². The van der Waals surface area contributed by atoms with E-state index < -0.39 is 0 Å². The lowest BCUT2D eigenvalue weighted by atomic mass is 9.85. The molecule has 1 aromatic carbocycles. The fraction of sp³-hybridized carbons (Fsp3) is 0.500. The summed E-state index contributed by atoms with van der Waals surface area (Å²) in [6, 6.07) is 7.71. The van der Waals surface area contributed by atoms with Crippen LogP contribution >= 0.6 is 0 Å². The van der Waals surface area contributed by atoms with Crippen LogP contribution in [0.25, 0.3) is 0 Å². The van der Waals surface area contributed by atoms with Gasteiger partial charge in [0.25, 0.3) is 0 Å². The van der Waals surface area contributed by atoms with Crippen LogP contribution in [0.5, 0.6) is 0 Å². The van der Waals surface area contributed by atoms with Crippen LogP contribution in [0, 0.1) is 19.8 Å². The molecule has 4 rings (SSSR count). The van der Waals surface area contributed by atoms with E-state index in [4.69, 9.17) is 9.26 Å². The van der Waals surface area contributed by atoms with Crippen LogP contribution in [0.2, 0.25) is 0 Å². The molecule has 3 heterocycles. The number of benzene rings is 1. The Morgan fingerprint density at radius 3 is 2.97 bits per heavy atom. The highest BCUT2D eigenvalue weighted by atomic mass is 16.5. The fourth-order valence-electron chi connectivity index (χ4n) is 4.33. The van der Waals surface area contributed by atoms with Gasteiger partial charge in [-0.1, -0.05) is 29.4 Å². The van der Waals surface area contributed by atoms with Gasteiger partial charge in [0, 0.05) is 31.1 Å². The minimum Gasteiger partial charge on any atom is -0.361 e. The van der Waals surface area contributed by atoms with Crippen LogP contribution in [-0.2, 0) is 22.5 Å². The molecular formula is C22H28N4O4. The molecule has 30 heavy (non-hydrogen) atoms. The Morgan fingerprint density at radius 1 is 1.30 bits per heavy atom. The molecule has 2 aliphatic heterocycles. The summed E-state index contributed by atoms with van der Waals surface area (Å²) in [7, 11) is 0. The smallest absolute Gasteiger partial charge is 0.317 e. The number of aryl methyl sites for hydroxylation is 2. The number of fused-ring (bicyclic) bond motifs is 1. The normalized spacial score (nSPS) is 23.3. The summed E-state index contributed by atoms with van der Waals surface area (Å²) in [5.74, 6) is 0.940. The van der Waals surface area contributed by atoms with Gasteiger partial charge in [-0.15, -0.1) is 0 Å². The van der Waals surface area contributed by atoms with E-state index in [1.165, 1.54) is 0 Å². The van der Waals surface area contributed by atoms with Gasteiger partial charge in [0.2, 0.25) is 5.91 Å². The zero-order valence-corrected chi connectivity index (χ0v) is 17.4. The molecule has 3 amide bonds. The SMILES string of the molecule is Cc1noc(C)c1CCC(=O)NCc1cccc([C@@H]2NC(=O)N[C@H]3OCCC[C@H]32)c1. The number of amides is 3. The van der Waals surface area contributed by atoms with Crippen molar-refractivity contribution in [1.29, 1.82) is 0 Å². The molecule has 8 heteroatoms. The van der Waals surface area contributed by atoms with Gasteiger partial charge in [0.1, 0.15) is 12.0 Å². The minimum absolute atomic E-state index is 0.0173. The van der Waals surface area contributed by atoms with E-state index in [1.54, 1.807) is 0 Å². The molecule has 1 aromatic heterocycles. The fourth-order valence-corrected chi connectivity index (χ4v) is 4.33. The van der Waals surface area contributed by atoms with Gasteiger partial charge in [0.05, 0.1) is 11.7 Å². The van der Waals surface area contributed by atoms with Gasteiger partial charge in [-0.3, -0.25) is 4.79 Å². The summed E-state index contributed by atoms with van der Waals surface area (Å²) >= 11 is 0. The number of ether oxygens (including phenoxy) is 1. The van der Waals surface area contributed by atoms with Crippen molar-refractivity contribution in [3.8, 4) is 0 Å². The zero-order chi connectivity index (χ0) is 21.1. The van der Waals surface area contributed by atoms with Gasteiger partial charge in [-0.05, 0) is 44.2 Å². The van der Waals surface area contributed by atoms with E-state index in [-0.39, 0.29) is 30.1 Å². The Balaban J connectivity index is 1.36. The van der Waals surface area contributed by atoms with Crippen LogP contribution < -0.4 is 16.0 Å². The topological polar surface area (TPSA) is 105 Å². The summed E-state index contributed by atoms with van der Waals surface area (Å²) in [4.78, 5) is 24.4. The number of urea groups is 1. The summed E-state index contributed by atoms with van der Waals surface area (Å²) in [5.41, 5.74) is 3.87. The Labute approximate surface area is 175 Å². The lowest BCUT2D eigenvalue weighted by molar-refractivity contribution is -0.121. The van der Waals surface area contributed by atoms with Gasteiger partial charge in [0.15, 0.2) is 0 Å². The van der Waals surface area contributed by atoms with Gasteiger partial charge in [-0.2, -0.15) is 0 Å². The third-order valence-corrected chi connectivity index (χ3v) is 5.94. The Hall–Kier alpha value is -2.87. The number of carbonyl (C=O) groups excluding carboxylic acids is 2. The first-order chi connectivity index (χ1) is 14.5. The lowest BCUT2D eigenvalue weighted by Crippen LogP contribution is -2.58. The molecular weight excluding hydrogens is 384 g/mol. The second-order valence-electron chi connectivity index (χ2n) is 8.02. The largest absolute Gasteiger partial charge is 0.361 e. The van der Waals surface area contributed by atoms with E-state index in [2.05, 4.69) is 27.2 Å². The first-order valence-corrected chi connectivity index (χ1v) is 10.5. The molecule has 0 spiro atoms. The predicted molar refractivity (Wildman–Crippen MR) is 109 cm³/mol. The molecule has 0 bridgehead atoms. The molecule has 0 aliphatic carbocycles. The van der Waals surface area contributed by atoms with Crippen LogP contribution in [0.3, 0.4) is 0 Å². The van der Waals surface area contributed by atoms with Crippen LogP contribution in [-0.4, -0.2) is 29.9 Å². The average Bonchev–Trinajstić information content (AvgIpc) is 3.07. The van der Waals surface area contributed by atoms with Crippen LogP contribution in [0.15, 0.2) is 28.8 Å². The molecule has 2 fully saturated rings. The zero-order valence-electron chi connectivity index (χ0n) is 17.4. The number of aromatic nitrogens is 1. The second-order valence-corrected chi connectivity index (χ2v) is 8.02. The molecule has 0 saturated carbocycles.